The second kappa shape index (κ2) is 6.66. The first-order valence-corrected chi connectivity index (χ1v) is 6.13. The van der Waals surface area contributed by atoms with Crippen LogP contribution in [0.4, 0.5) is 0 Å². The lowest BCUT2D eigenvalue weighted by Crippen LogP contribution is -2.26. The minimum Gasteiger partial charge on any atom is -0.326 e. The molecule has 1 aromatic carbocycles. The summed E-state index contributed by atoms with van der Waals surface area (Å²) in [4.78, 5) is 0. The summed E-state index contributed by atoms with van der Waals surface area (Å²) in [6.45, 7) is 8.31. The summed E-state index contributed by atoms with van der Waals surface area (Å²) < 4.78 is 0. The lowest BCUT2D eigenvalue weighted by atomic mass is 10.0. The highest BCUT2D eigenvalue weighted by molar-refractivity contribution is 5.23. The van der Waals surface area contributed by atoms with E-state index in [1.165, 1.54) is 17.5 Å². The van der Waals surface area contributed by atoms with Crippen molar-refractivity contribution in [2.75, 3.05) is 0 Å². The second-order valence-corrected chi connectivity index (χ2v) is 4.94. The summed E-state index contributed by atoms with van der Waals surface area (Å²) in [6, 6.07) is 9.04. The molecule has 2 nitrogen and oxygen atoms in total. The Hall–Kier alpha value is -0.860. The molecular formula is C14H24N2. The fraction of sp³-hybridized carbons (Fsp3) is 0.571. The third-order valence-corrected chi connectivity index (χ3v) is 2.71. The molecule has 1 atom stereocenters. The number of rotatable bonds is 6. The molecule has 0 amide bonds. The van der Waals surface area contributed by atoms with E-state index in [0.29, 0.717) is 12.6 Å². The highest BCUT2D eigenvalue weighted by Crippen LogP contribution is 2.07. The summed E-state index contributed by atoms with van der Waals surface area (Å²) >= 11 is 0. The number of hydrogen-bond acceptors (Lipinski definition) is 2. The molecule has 0 aliphatic carbocycles. The molecule has 0 aliphatic rings. The Morgan fingerprint density at radius 1 is 1.19 bits per heavy atom. The maximum atomic E-state index is 5.62. The molecule has 0 fully saturated rings. The summed E-state index contributed by atoms with van der Waals surface area (Å²) in [5.74, 6) is 0.748. The lowest BCUT2D eigenvalue weighted by molar-refractivity contribution is 0.441. The molecule has 0 bridgehead atoms. The summed E-state index contributed by atoms with van der Waals surface area (Å²) in [5, 5.41) is 3.54. The molecule has 1 unspecified atom stereocenters. The van der Waals surface area contributed by atoms with Crippen molar-refractivity contribution in [2.45, 2.75) is 46.3 Å². The molecule has 0 heterocycles. The zero-order valence-corrected chi connectivity index (χ0v) is 10.7. The van der Waals surface area contributed by atoms with Gasteiger partial charge in [0.1, 0.15) is 0 Å². The quantitative estimate of drug-likeness (QED) is 0.773. The Morgan fingerprint density at radius 3 is 2.50 bits per heavy atom. The van der Waals surface area contributed by atoms with Gasteiger partial charge in [-0.25, -0.2) is 0 Å². The van der Waals surface area contributed by atoms with Gasteiger partial charge in [0.25, 0.3) is 0 Å². The van der Waals surface area contributed by atoms with Crippen molar-refractivity contribution in [3.63, 3.8) is 0 Å². The summed E-state index contributed by atoms with van der Waals surface area (Å²) in [5.41, 5.74) is 8.14. The topological polar surface area (TPSA) is 38.0 Å². The average Bonchev–Trinajstić information content (AvgIpc) is 2.26. The number of nitrogens with one attached hydrogen (secondary N) is 1. The van der Waals surface area contributed by atoms with E-state index in [1.807, 2.05) is 0 Å². The van der Waals surface area contributed by atoms with Gasteiger partial charge in [-0.2, -0.15) is 0 Å². The van der Waals surface area contributed by atoms with Gasteiger partial charge in [-0.05, 0) is 30.4 Å². The zero-order valence-electron chi connectivity index (χ0n) is 10.7. The molecule has 0 saturated carbocycles. The van der Waals surface area contributed by atoms with Crippen LogP contribution in [-0.2, 0) is 13.1 Å². The van der Waals surface area contributed by atoms with Crippen molar-refractivity contribution in [3.8, 4) is 0 Å². The van der Waals surface area contributed by atoms with Crippen LogP contribution in [0.25, 0.3) is 0 Å². The molecule has 90 valence electrons. The van der Waals surface area contributed by atoms with Crippen molar-refractivity contribution >= 4 is 0 Å². The van der Waals surface area contributed by atoms with Gasteiger partial charge in [0.15, 0.2) is 0 Å². The molecular weight excluding hydrogens is 196 g/mol. The van der Waals surface area contributed by atoms with Crippen LogP contribution < -0.4 is 11.1 Å². The molecule has 0 aromatic heterocycles. The largest absolute Gasteiger partial charge is 0.326 e. The van der Waals surface area contributed by atoms with Crippen molar-refractivity contribution < 1.29 is 0 Å². The Bertz CT molecular complexity index is 307. The minimum absolute atomic E-state index is 0.571. The Morgan fingerprint density at radius 2 is 1.88 bits per heavy atom. The summed E-state index contributed by atoms with van der Waals surface area (Å²) in [7, 11) is 0. The molecule has 0 aliphatic heterocycles. The van der Waals surface area contributed by atoms with Gasteiger partial charge in [0, 0.05) is 19.1 Å². The SMILES string of the molecule is CC(C)CC(C)NCc1cccc(CN)c1. The van der Waals surface area contributed by atoms with E-state index in [0.717, 1.165) is 12.5 Å². The van der Waals surface area contributed by atoms with Gasteiger partial charge in [0.2, 0.25) is 0 Å². The molecule has 0 spiro atoms. The van der Waals surface area contributed by atoms with Gasteiger partial charge in [-0.15, -0.1) is 0 Å². The van der Waals surface area contributed by atoms with E-state index in [-0.39, 0.29) is 0 Å². The first kappa shape index (κ1) is 13.2. The average molecular weight is 220 g/mol. The third kappa shape index (κ3) is 4.77. The van der Waals surface area contributed by atoms with E-state index >= 15 is 0 Å². The molecule has 2 heteroatoms. The monoisotopic (exact) mass is 220 g/mol. The third-order valence-electron chi connectivity index (χ3n) is 2.71. The predicted octanol–water partition coefficient (Wildman–Crippen LogP) is 2.67. The predicted molar refractivity (Wildman–Crippen MR) is 70.1 cm³/mol. The highest BCUT2D eigenvalue weighted by Gasteiger charge is 2.04. The van der Waals surface area contributed by atoms with Crippen molar-refractivity contribution in [1.82, 2.24) is 5.32 Å². The number of benzene rings is 1. The Labute approximate surface area is 99.2 Å². The molecule has 0 saturated heterocycles. The van der Waals surface area contributed by atoms with Gasteiger partial charge in [0.05, 0.1) is 0 Å². The first-order chi connectivity index (χ1) is 7.61. The number of nitrogens with two attached hydrogens (primary N) is 1. The van der Waals surface area contributed by atoms with Gasteiger partial charge < -0.3 is 11.1 Å². The molecule has 1 aromatic rings. The van der Waals surface area contributed by atoms with Crippen molar-refractivity contribution in [3.05, 3.63) is 35.4 Å². The van der Waals surface area contributed by atoms with Crippen molar-refractivity contribution in [1.29, 1.82) is 0 Å². The standard InChI is InChI=1S/C14H24N2/c1-11(2)7-12(3)16-10-14-6-4-5-13(8-14)9-15/h4-6,8,11-12,16H,7,9-10,15H2,1-3H3. The van der Waals surface area contributed by atoms with E-state index in [1.54, 1.807) is 0 Å². The zero-order chi connectivity index (χ0) is 12.0. The van der Waals surface area contributed by atoms with E-state index in [9.17, 15) is 0 Å². The minimum atomic E-state index is 0.571. The van der Waals surface area contributed by atoms with Crippen LogP contribution in [0.3, 0.4) is 0 Å². The first-order valence-electron chi connectivity index (χ1n) is 6.13. The Kier molecular flexibility index (Phi) is 5.50. The Balaban J connectivity index is 2.41. The normalized spacial score (nSPS) is 13.1. The van der Waals surface area contributed by atoms with E-state index in [4.69, 9.17) is 5.73 Å². The van der Waals surface area contributed by atoms with Crippen LogP contribution >= 0.6 is 0 Å². The van der Waals surface area contributed by atoms with Crippen LogP contribution in [0.5, 0.6) is 0 Å². The van der Waals surface area contributed by atoms with Gasteiger partial charge >= 0.3 is 0 Å². The van der Waals surface area contributed by atoms with Crippen LogP contribution in [-0.4, -0.2) is 6.04 Å². The van der Waals surface area contributed by atoms with Crippen LogP contribution in [0.15, 0.2) is 24.3 Å². The van der Waals surface area contributed by atoms with E-state index < -0.39 is 0 Å². The van der Waals surface area contributed by atoms with Crippen molar-refractivity contribution in [2.24, 2.45) is 11.7 Å². The van der Waals surface area contributed by atoms with Gasteiger partial charge in [-0.3, -0.25) is 0 Å². The second-order valence-electron chi connectivity index (χ2n) is 4.94. The smallest absolute Gasteiger partial charge is 0.0208 e. The number of hydrogen-bond donors (Lipinski definition) is 2. The summed E-state index contributed by atoms with van der Waals surface area (Å²) in [6.07, 6.45) is 1.22. The fourth-order valence-corrected chi connectivity index (χ4v) is 1.95. The van der Waals surface area contributed by atoms with Crippen LogP contribution in [0, 0.1) is 5.92 Å². The van der Waals surface area contributed by atoms with Gasteiger partial charge in [-0.1, -0.05) is 38.1 Å². The van der Waals surface area contributed by atoms with Crippen LogP contribution in [0.1, 0.15) is 38.3 Å². The molecule has 1 rings (SSSR count). The highest BCUT2D eigenvalue weighted by atomic mass is 14.9. The molecule has 16 heavy (non-hydrogen) atoms. The maximum Gasteiger partial charge on any atom is 0.0208 e. The maximum absolute atomic E-state index is 5.62. The van der Waals surface area contributed by atoms with E-state index in [2.05, 4.69) is 50.4 Å². The lowest BCUT2D eigenvalue weighted by Gasteiger charge is -2.16. The molecule has 0 radical (unpaired) electrons. The fourth-order valence-electron chi connectivity index (χ4n) is 1.95. The van der Waals surface area contributed by atoms with Crippen LogP contribution in [0.2, 0.25) is 0 Å². The molecule has 3 N–H and O–H groups in total.